The summed E-state index contributed by atoms with van der Waals surface area (Å²) >= 11 is 1.52. The Morgan fingerprint density at radius 1 is 1.42 bits per heavy atom. The van der Waals surface area contributed by atoms with Crippen molar-refractivity contribution < 1.29 is 14.6 Å². The lowest BCUT2D eigenvalue weighted by molar-refractivity contribution is -0.150. The van der Waals surface area contributed by atoms with Crippen molar-refractivity contribution >= 4 is 17.7 Å². The molecule has 0 aromatic heterocycles. The van der Waals surface area contributed by atoms with E-state index in [1.807, 2.05) is 30.3 Å². The Labute approximate surface area is 118 Å². The number of nitrogens with one attached hydrogen (secondary N) is 1. The molecule has 1 rings (SSSR count). The summed E-state index contributed by atoms with van der Waals surface area (Å²) in [4.78, 5) is 12.3. The molecule has 2 N–H and O–H groups in total. The van der Waals surface area contributed by atoms with Crippen molar-refractivity contribution in [2.24, 2.45) is 0 Å². The zero-order valence-electron chi connectivity index (χ0n) is 11.4. The molecule has 0 bridgehead atoms. The Morgan fingerprint density at radius 3 is 2.63 bits per heavy atom. The monoisotopic (exact) mass is 283 g/mol. The van der Waals surface area contributed by atoms with Crippen LogP contribution in [0.25, 0.3) is 0 Å². The van der Waals surface area contributed by atoms with E-state index in [-0.39, 0.29) is 12.6 Å². The molecule has 19 heavy (non-hydrogen) atoms. The average Bonchev–Trinajstić information content (AvgIpc) is 2.45. The number of carbonyl (C=O) groups excluding carboxylic acids is 1. The molecule has 0 heterocycles. The number of hydrogen-bond donors (Lipinski definition) is 2. The smallest absolute Gasteiger partial charge is 0.331 e. The van der Waals surface area contributed by atoms with Gasteiger partial charge >= 0.3 is 5.97 Å². The molecule has 0 aliphatic heterocycles. The number of likely N-dealkylation sites (N-methyl/N-ethyl adjacent to an activating group) is 1. The van der Waals surface area contributed by atoms with Gasteiger partial charge in [0, 0.05) is 11.5 Å². The summed E-state index contributed by atoms with van der Waals surface area (Å²) in [6.45, 7) is 2.24. The van der Waals surface area contributed by atoms with Crippen molar-refractivity contribution in [3.63, 3.8) is 0 Å². The third kappa shape index (κ3) is 3.96. The molecule has 0 amide bonds. The summed E-state index contributed by atoms with van der Waals surface area (Å²) in [6, 6.07) is 9.53. The van der Waals surface area contributed by atoms with Gasteiger partial charge in [0.25, 0.3) is 0 Å². The maximum absolute atomic E-state index is 12.3. The highest BCUT2D eigenvalue weighted by molar-refractivity contribution is 7.99. The Morgan fingerprint density at radius 2 is 2.11 bits per heavy atom. The first-order valence-electron chi connectivity index (χ1n) is 6.31. The molecule has 1 aromatic carbocycles. The average molecular weight is 283 g/mol. The van der Waals surface area contributed by atoms with Crippen LogP contribution in [0.3, 0.4) is 0 Å². The third-order valence-corrected chi connectivity index (χ3v) is 3.98. The predicted molar refractivity (Wildman–Crippen MR) is 78.2 cm³/mol. The van der Waals surface area contributed by atoms with Crippen LogP contribution < -0.4 is 5.32 Å². The number of aliphatic hydroxyl groups is 1. The minimum Gasteiger partial charge on any atom is -0.464 e. The summed E-state index contributed by atoms with van der Waals surface area (Å²) in [7, 11) is 1.75. The van der Waals surface area contributed by atoms with E-state index in [9.17, 15) is 4.79 Å². The van der Waals surface area contributed by atoms with Gasteiger partial charge in [-0.1, -0.05) is 30.3 Å². The van der Waals surface area contributed by atoms with Crippen LogP contribution in [0.1, 0.15) is 12.5 Å². The summed E-state index contributed by atoms with van der Waals surface area (Å²) < 4.78 is 5.21. The molecule has 0 radical (unpaired) electrons. The van der Waals surface area contributed by atoms with Crippen LogP contribution in [0, 0.1) is 0 Å². The summed E-state index contributed by atoms with van der Waals surface area (Å²) in [5.41, 5.74) is 0.0123. The number of rotatable bonds is 8. The van der Waals surface area contributed by atoms with Gasteiger partial charge in [0.15, 0.2) is 5.54 Å². The largest absolute Gasteiger partial charge is 0.464 e. The highest BCUT2D eigenvalue weighted by Gasteiger charge is 2.40. The first-order valence-corrected chi connectivity index (χ1v) is 7.47. The topological polar surface area (TPSA) is 58.6 Å². The molecule has 0 saturated carbocycles. The van der Waals surface area contributed by atoms with E-state index in [2.05, 4.69) is 5.32 Å². The normalized spacial score (nSPS) is 13.8. The minimum absolute atomic E-state index is 0.0993. The van der Waals surface area contributed by atoms with Gasteiger partial charge < -0.3 is 15.2 Å². The molecule has 1 atom stereocenters. The number of esters is 1. The molecule has 106 valence electrons. The quantitative estimate of drug-likeness (QED) is 0.558. The van der Waals surface area contributed by atoms with Crippen LogP contribution >= 0.6 is 11.8 Å². The molecular formula is C14H21NO3S. The lowest BCUT2D eigenvalue weighted by Crippen LogP contribution is -2.50. The van der Waals surface area contributed by atoms with Crippen LogP contribution in [0.5, 0.6) is 0 Å². The van der Waals surface area contributed by atoms with Crippen molar-refractivity contribution in [1.82, 2.24) is 5.32 Å². The maximum atomic E-state index is 12.3. The van der Waals surface area contributed by atoms with Gasteiger partial charge in [-0.3, -0.25) is 0 Å². The van der Waals surface area contributed by atoms with E-state index in [1.54, 1.807) is 14.0 Å². The van der Waals surface area contributed by atoms with Gasteiger partial charge in [-0.2, -0.15) is 11.8 Å². The van der Waals surface area contributed by atoms with Crippen LogP contribution in [-0.4, -0.2) is 42.8 Å². The van der Waals surface area contributed by atoms with Gasteiger partial charge in [0.2, 0.25) is 0 Å². The molecular weight excluding hydrogens is 262 g/mol. The molecule has 0 saturated heterocycles. The van der Waals surface area contributed by atoms with Crippen molar-refractivity contribution in [1.29, 1.82) is 0 Å². The van der Waals surface area contributed by atoms with E-state index in [1.165, 1.54) is 11.8 Å². The Hall–Kier alpha value is -1.04. The second kappa shape index (κ2) is 8.19. The standard InChI is InChI=1S/C14H21NO3S/c1-3-18-13(17)14(15-2,11-19-10-9-16)12-7-5-4-6-8-12/h4-8,15-16H,3,9-11H2,1-2H3. The van der Waals surface area contributed by atoms with E-state index in [4.69, 9.17) is 9.84 Å². The van der Waals surface area contributed by atoms with E-state index >= 15 is 0 Å². The summed E-state index contributed by atoms with van der Waals surface area (Å²) in [5.74, 6) is 0.830. The minimum atomic E-state index is -0.864. The Kier molecular flexibility index (Phi) is 6.91. The molecule has 1 aromatic rings. The molecule has 1 unspecified atom stereocenters. The summed E-state index contributed by atoms with van der Waals surface area (Å²) in [5, 5.41) is 12.0. The second-order valence-electron chi connectivity index (χ2n) is 4.02. The van der Waals surface area contributed by atoms with Crippen LogP contribution in [0.2, 0.25) is 0 Å². The number of aliphatic hydroxyl groups excluding tert-OH is 1. The SMILES string of the molecule is CCOC(=O)C(CSCCO)(NC)c1ccccc1. The fourth-order valence-electron chi connectivity index (χ4n) is 1.85. The maximum Gasteiger partial charge on any atom is 0.331 e. The second-order valence-corrected chi connectivity index (χ2v) is 5.12. The van der Waals surface area contributed by atoms with Gasteiger partial charge in [-0.15, -0.1) is 0 Å². The number of ether oxygens (including phenoxy) is 1. The van der Waals surface area contributed by atoms with Crippen LogP contribution in [-0.2, 0) is 15.1 Å². The van der Waals surface area contributed by atoms with Gasteiger partial charge in [0.05, 0.1) is 13.2 Å². The third-order valence-electron chi connectivity index (χ3n) is 2.87. The van der Waals surface area contributed by atoms with Crippen molar-refractivity contribution in [3.8, 4) is 0 Å². The van der Waals surface area contributed by atoms with E-state index in [0.717, 1.165) is 5.56 Å². The fraction of sp³-hybridized carbons (Fsp3) is 0.500. The Balaban J connectivity index is 3.02. The first kappa shape index (κ1) is 16.0. The molecule has 0 aliphatic carbocycles. The lowest BCUT2D eigenvalue weighted by Gasteiger charge is -2.31. The number of benzene rings is 1. The molecule has 5 heteroatoms. The zero-order chi connectivity index (χ0) is 14.1. The van der Waals surface area contributed by atoms with Crippen molar-refractivity contribution in [2.75, 3.05) is 31.8 Å². The Bertz CT molecular complexity index is 386. The zero-order valence-corrected chi connectivity index (χ0v) is 12.2. The van der Waals surface area contributed by atoms with Gasteiger partial charge in [0.1, 0.15) is 0 Å². The molecule has 0 spiro atoms. The van der Waals surface area contributed by atoms with E-state index in [0.29, 0.717) is 18.1 Å². The molecule has 0 aliphatic rings. The number of hydrogen-bond acceptors (Lipinski definition) is 5. The number of thioether (sulfide) groups is 1. The van der Waals surface area contributed by atoms with Crippen LogP contribution in [0.15, 0.2) is 30.3 Å². The van der Waals surface area contributed by atoms with Crippen molar-refractivity contribution in [3.05, 3.63) is 35.9 Å². The lowest BCUT2D eigenvalue weighted by atomic mass is 9.92. The molecule has 4 nitrogen and oxygen atoms in total. The fourth-order valence-corrected chi connectivity index (χ4v) is 2.85. The van der Waals surface area contributed by atoms with E-state index < -0.39 is 5.54 Å². The van der Waals surface area contributed by atoms with Crippen LogP contribution in [0.4, 0.5) is 0 Å². The van der Waals surface area contributed by atoms with Gasteiger partial charge in [-0.25, -0.2) is 4.79 Å². The summed E-state index contributed by atoms with van der Waals surface area (Å²) in [6.07, 6.45) is 0. The van der Waals surface area contributed by atoms with Gasteiger partial charge in [-0.05, 0) is 19.5 Å². The first-order chi connectivity index (χ1) is 9.21. The highest BCUT2D eigenvalue weighted by Crippen LogP contribution is 2.27. The molecule has 0 fully saturated rings. The number of carbonyl (C=O) groups is 1. The predicted octanol–water partition coefficient (Wildman–Crippen LogP) is 1.39. The highest BCUT2D eigenvalue weighted by atomic mass is 32.2. The van der Waals surface area contributed by atoms with Crippen molar-refractivity contribution in [2.45, 2.75) is 12.5 Å².